The van der Waals surface area contributed by atoms with Gasteiger partial charge in [-0.3, -0.25) is 9.78 Å². The molecule has 0 spiro atoms. The molecule has 7 nitrogen and oxygen atoms in total. The Morgan fingerprint density at radius 2 is 2.29 bits per heavy atom. The first-order valence-electron chi connectivity index (χ1n) is 7.00. The number of likely N-dealkylation sites (tertiary alicyclic amines) is 1. The van der Waals surface area contributed by atoms with Crippen molar-refractivity contribution in [2.75, 3.05) is 25.5 Å². The summed E-state index contributed by atoms with van der Waals surface area (Å²) < 4.78 is 5.80. The molecule has 3 rings (SSSR count). The SMILES string of the molecule is CNC(=O)N1C[C@H]2C[C@H](C(=O)Nc3cccnc3)[C@@H](C1)O2. The molecule has 0 radical (unpaired) electrons. The average Bonchev–Trinajstić information content (AvgIpc) is 2.81. The molecule has 7 heteroatoms. The molecule has 2 fully saturated rings. The molecular formula is C14H18N4O3. The van der Waals surface area contributed by atoms with E-state index in [1.54, 1.807) is 36.5 Å². The molecular weight excluding hydrogens is 272 g/mol. The molecule has 3 amide bonds. The quantitative estimate of drug-likeness (QED) is 0.828. The van der Waals surface area contributed by atoms with E-state index in [2.05, 4.69) is 15.6 Å². The number of nitrogens with one attached hydrogen (secondary N) is 2. The number of nitrogens with zero attached hydrogens (tertiary/aromatic N) is 2. The lowest BCUT2D eigenvalue weighted by Gasteiger charge is -2.32. The van der Waals surface area contributed by atoms with Gasteiger partial charge in [0, 0.05) is 26.3 Å². The van der Waals surface area contributed by atoms with Crippen LogP contribution >= 0.6 is 0 Å². The Balaban J connectivity index is 1.65. The summed E-state index contributed by atoms with van der Waals surface area (Å²) in [6.45, 7) is 0.980. The number of amides is 3. The molecule has 3 heterocycles. The van der Waals surface area contributed by atoms with Crippen LogP contribution in [0.2, 0.25) is 0 Å². The number of hydrogen-bond donors (Lipinski definition) is 2. The van der Waals surface area contributed by atoms with Crippen molar-refractivity contribution in [3.05, 3.63) is 24.5 Å². The van der Waals surface area contributed by atoms with Gasteiger partial charge in [0.15, 0.2) is 0 Å². The molecule has 21 heavy (non-hydrogen) atoms. The maximum absolute atomic E-state index is 12.4. The number of morpholine rings is 1. The Morgan fingerprint density at radius 1 is 1.43 bits per heavy atom. The van der Waals surface area contributed by atoms with E-state index < -0.39 is 0 Å². The topological polar surface area (TPSA) is 83.6 Å². The number of hydrogen-bond acceptors (Lipinski definition) is 4. The fourth-order valence-electron chi connectivity index (χ4n) is 2.93. The molecule has 2 bridgehead atoms. The zero-order valence-electron chi connectivity index (χ0n) is 11.8. The number of aromatic nitrogens is 1. The van der Waals surface area contributed by atoms with Crippen molar-refractivity contribution in [2.24, 2.45) is 5.92 Å². The number of urea groups is 1. The molecule has 1 aromatic rings. The molecule has 112 valence electrons. The number of fused-ring (bicyclic) bond motifs is 2. The van der Waals surface area contributed by atoms with Crippen LogP contribution in [0.1, 0.15) is 6.42 Å². The van der Waals surface area contributed by atoms with Crippen LogP contribution < -0.4 is 10.6 Å². The van der Waals surface area contributed by atoms with Gasteiger partial charge < -0.3 is 20.3 Å². The third kappa shape index (κ3) is 2.82. The monoisotopic (exact) mass is 290 g/mol. The Kier molecular flexibility index (Phi) is 3.74. The van der Waals surface area contributed by atoms with Crippen molar-refractivity contribution >= 4 is 17.6 Å². The summed E-state index contributed by atoms with van der Waals surface area (Å²) in [5, 5.41) is 5.46. The number of carbonyl (C=O) groups excluding carboxylic acids is 2. The molecule has 2 aliphatic rings. The first-order chi connectivity index (χ1) is 10.2. The standard InChI is InChI=1S/C14H18N4O3/c1-15-14(20)18-7-10-5-11(12(8-18)21-10)13(19)17-9-3-2-4-16-6-9/h2-4,6,10-12H,5,7-8H2,1H3,(H,15,20)(H,17,19)/t10-,11+,12-/m1/s1. The summed E-state index contributed by atoms with van der Waals surface area (Å²) in [6.07, 6.45) is 3.60. The maximum atomic E-state index is 12.4. The Morgan fingerprint density at radius 3 is 3.00 bits per heavy atom. The molecule has 2 N–H and O–H groups in total. The van der Waals surface area contributed by atoms with Gasteiger partial charge in [-0.05, 0) is 18.6 Å². The number of carbonyl (C=O) groups is 2. The van der Waals surface area contributed by atoms with Crippen molar-refractivity contribution < 1.29 is 14.3 Å². The molecule has 3 atom stereocenters. The maximum Gasteiger partial charge on any atom is 0.317 e. The summed E-state index contributed by atoms with van der Waals surface area (Å²) in [5.74, 6) is -0.306. The predicted molar refractivity (Wildman–Crippen MR) is 75.7 cm³/mol. The van der Waals surface area contributed by atoms with Crippen molar-refractivity contribution in [1.82, 2.24) is 15.2 Å². The fraction of sp³-hybridized carbons (Fsp3) is 0.500. The van der Waals surface area contributed by atoms with E-state index in [4.69, 9.17) is 4.74 Å². The Hall–Kier alpha value is -2.15. The molecule has 2 aliphatic heterocycles. The summed E-state index contributed by atoms with van der Waals surface area (Å²) in [4.78, 5) is 29.7. The molecule has 0 saturated carbocycles. The minimum atomic E-state index is -0.238. The van der Waals surface area contributed by atoms with E-state index in [1.165, 1.54) is 0 Å². The third-order valence-corrected chi connectivity index (χ3v) is 3.92. The lowest BCUT2D eigenvalue weighted by molar-refractivity contribution is -0.122. The molecule has 2 saturated heterocycles. The van der Waals surface area contributed by atoms with Gasteiger partial charge >= 0.3 is 6.03 Å². The summed E-state index contributed by atoms with van der Waals surface area (Å²) in [5.41, 5.74) is 0.673. The van der Waals surface area contributed by atoms with Crippen molar-refractivity contribution in [1.29, 1.82) is 0 Å². The van der Waals surface area contributed by atoms with Gasteiger partial charge in [-0.2, -0.15) is 0 Å². The fourth-order valence-corrected chi connectivity index (χ4v) is 2.93. The van der Waals surface area contributed by atoms with E-state index in [9.17, 15) is 9.59 Å². The van der Waals surface area contributed by atoms with Gasteiger partial charge in [-0.25, -0.2) is 4.79 Å². The molecule has 0 aromatic carbocycles. The van der Waals surface area contributed by atoms with E-state index in [0.29, 0.717) is 25.2 Å². The van der Waals surface area contributed by atoms with E-state index >= 15 is 0 Å². The van der Waals surface area contributed by atoms with Crippen molar-refractivity contribution in [2.45, 2.75) is 18.6 Å². The number of pyridine rings is 1. The van der Waals surface area contributed by atoms with Crippen LogP contribution in [-0.4, -0.2) is 54.2 Å². The lowest BCUT2D eigenvalue weighted by atomic mass is 9.99. The molecule has 0 aliphatic carbocycles. The van der Waals surface area contributed by atoms with Gasteiger partial charge in [-0.15, -0.1) is 0 Å². The Labute approximate surface area is 122 Å². The minimum absolute atomic E-state index is 0.0642. The zero-order valence-corrected chi connectivity index (χ0v) is 11.8. The second-order valence-corrected chi connectivity index (χ2v) is 5.33. The van der Waals surface area contributed by atoms with Gasteiger partial charge in [0.25, 0.3) is 0 Å². The van der Waals surface area contributed by atoms with E-state index in [1.807, 2.05) is 0 Å². The largest absolute Gasteiger partial charge is 0.370 e. The number of ether oxygens (including phenoxy) is 1. The van der Waals surface area contributed by atoms with Gasteiger partial charge in [0.1, 0.15) is 0 Å². The van der Waals surface area contributed by atoms with Crippen LogP contribution in [0, 0.1) is 5.92 Å². The number of rotatable bonds is 2. The normalized spacial score (nSPS) is 27.3. The van der Waals surface area contributed by atoms with Crippen LogP contribution in [0.25, 0.3) is 0 Å². The van der Waals surface area contributed by atoms with Gasteiger partial charge in [-0.1, -0.05) is 0 Å². The third-order valence-electron chi connectivity index (χ3n) is 3.92. The van der Waals surface area contributed by atoms with Crippen LogP contribution in [0.3, 0.4) is 0 Å². The highest BCUT2D eigenvalue weighted by atomic mass is 16.5. The second-order valence-electron chi connectivity index (χ2n) is 5.33. The van der Waals surface area contributed by atoms with E-state index in [-0.39, 0.29) is 30.1 Å². The van der Waals surface area contributed by atoms with Gasteiger partial charge in [0.05, 0.1) is 30.0 Å². The molecule has 1 aromatic heterocycles. The highest BCUT2D eigenvalue weighted by molar-refractivity contribution is 5.93. The Bertz CT molecular complexity index is 536. The average molecular weight is 290 g/mol. The summed E-state index contributed by atoms with van der Waals surface area (Å²) >= 11 is 0. The summed E-state index contributed by atoms with van der Waals surface area (Å²) in [6, 6.07) is 3.44. The van der Waals surface area contributed by atoms with Crippen molar-refractivity contribution in [3.8, 4) is 0 Å². The first kappa shape index (κ1) is 13.8. The minimum Gasteiger partial charge on any atom is -0.370 e. The second kappa shape index (κ2) is 5.69. The van der Waals surface area contributed by atoms with Crippen LogP contribution in [-0.2, 0) is 9.53 Å². The van der Waals surface area contributed by atoms with E-state index in [0.717, 1.165) is 0 Å². The lowest BCUT2D eigenvalue weighted by Crippen LogP contribution is -2.50. The predicted octanol–water partition coefficient (Wildman–Crippen LogP) is 0.449. The van der Waals surface area contributed by atoms with Gasteiger partial charge in [0.2, 0.25) is 5.91 Å². The summed E-state index contributed by atoms with van der Waals surface area (Å²) in [7, 11) is 1.60. The highest BCUT2D eigenvalue weighted by Gasteiger charge is 2.45. The molecule has 0 unspecified atom stereocenters. The van der Waals surface area contributed by atoms with Crippen LogP contribution in [0.15, 0.2) is 24.5 Å². The van der Waals surface area contributed by atoms with Crippen LogP contribution in [0.4, 0.5) is 10.5 Å². The first-order valence-corrected chi connectivity index (χ1v) is 7.00. The zero-order chi connectivity index (χ0) is 14.8. The van der Waals surface area contributed by atoms with Crippen molar-refractivity contribution in [3.63, 3.8) is 0 Å². The smallest absolute Gasteiger partial charge is 0.317 e. The highest BCUT2D eigenvalue weighted by Crippen LogP contribution is 2.32. The van der Waals surface area contributed by atoms with Crippen LogP contribution in [0.5, 0.6) is 0 Å². The number of anilines is 1.